The van der Waals surface area contributed by atoms with Crippen molar-refractivity contribution in [3.05, 3.63) is 35.4 Å². The Labute approximate surface area is 117 Å². The molecular weight excluding hydrogens is 230 g/mol. The van der Waals surface area contributed by atoms with Crippen LogP contribution in [0.1, 0.15) is 43.7 Å². The number of fused-ring (bicyclic) bond motifs is 1. The van der Waals surface area contributed by atoms with Gasteiger partial charge in [-0.25, -0.2) is 0 Å². The van der Waals surface area contributed by atoms with E-state index in [1.165, 1.54) is 49.8 Å². The third-order valence-corrected chi connectivity index (χ3v) is 5.17. The summed E-state index contributed by atoms with van der Waals surface area (Å²) in [5, 5.41) is 3.82. The van der Waals surface area contributed by atoms with Crippen LogP contribution in [0.2, 0.25) is 0 Å². The maximum Gasteiger partial charge on any atom is 0.0141 e. The molecule has 0 spiro atoms. The van der Waals surface area contributed by atoms with Gasteiger partial charge in [0.1, 0.15) is 0 Å². The second kappa shape index (κ2) is 5.66. The molecule has 104 valence electrons. The summed E-state index contributed by atoms with van der Waals surface area (Å²) in [5.74, 6) is 3.08. The zero-order chi connectivity index (χ0) is 13.2. The van der Waals surface area contributed by atoms with Crippen molar-refractivity contribution in [2.75, 3.05) is 6.54 Å². The molecule has 0 heterocycles. The predicted octanol–water partition coefficient (Wildman–Crippen LogP) is 3.95. The molecule has 3 rings (SSSR count). The molecule has 1 aromatic rings. The fraction of sp³-hybridized carbons (Fsp3) is 0.667. The minimum atomic E-state index is 0.720. The van der Waals surface area contributed by atoms with Gasteiger partial charge >= 0.3 is 0 Å². The molecule has 0 saturated heterocycles. The SMILES string of the molecule is CCCNC(Cc1ccc(C)cc1)C1C2CCCC21. The van der Waals surface area contributed by atoms with Crippen LogP contribution >= 0.6 is 0 Å². The van der Waals surface area contributed by atoms with E-state index in [1.807, 2.05) is 0 Å². The minimum Gasteiger partial charge on any atom is -0.313 e. The molecular formula is C18H27N. The summed E-state index contributed by atoms with van der Waals surface area (Å²) in [6, 6.07) is 9.85. The number of hydrogen-bond donors (Lipinski definition) is 1. The topological polar surface area (TPSA) is 12.0 Å². The second-order valence-corrected chi connectivity index (χ2v) is 6.59. The largest absolute Gasteiger partial charge is 0.313 e. The average molecular weight is 257 g/mol. The van der Waals surface area contributed by atoms with Crippen LogP contribution < -0.4 is 5.32 Å². The smallest absolute Gasteiger partial charge is 0.0141 e. The van der Waals surface area contributed by atoms with Crippen molar-refractivity contribution in [3.63, 3.8) is 0 Å². The fourth-order valence-corrected chi connectivity index (χ4v) is 4.13. The molecule has 3 atom stereocenters. The van der Waals surface area contributed by atoms with Gasteiger partial charge in [0, 0.05) is 6.04 Å². The Hall–Kier alpha value is -0.820. The highest BCUT2D eigenvalue weighted by atomic mass is 14.9. The van der Waals surface area contributed by atoms with E-state index in [-0.39, 0.29) is 0 Å². The Kier molecular flexibility index (Phi) is 3.93. The quantitative estimate of drug-likeness (QED) is 0.813. The standard InChI is InChI=1S/C18H27N/c1-3-11-19-17(18-15-5-4-6-16(15)18)12-14-9-7-13(2)8-10-14/h7-10,15-19H,3-6,11-12H2,1-2H3. The predicted molar refractivity (Wildman–Crippen MR) is 81.3 cm³/mol. The van der Waals surface area contributed by atoms with Crippen molar-refractivity contribution < 1.29 is 0 Å². The lowest BCUT2D eigenvalue weighted by Gasteiger charge is -2.20. The Bertz CT molecular complexity index is 398. The molecule has 0 bridgehead atoms. The van der Waals surface area contributed by atoms with E-state index in [9.17, 15) is 0 Å². The number of hydrogen-bond acceptors (Lipinski definition) is 1. The van der Waals surface area contributed by atoms with Gasteiger partial charge in [0.25, 0.3) is 0 Å². The molecule has 2 aliphatic carbocycles. The van der Waals surface area contributed by atoms with Gasteiger partial charge < -0.3 is 5.32 Å². The first-order chi connectivity index (χ1) is 9.29. The van der Waals surface area contributed by atoms with Crippen molar-refractivity contribution in [2.45, 2.75) is 52.0 Å². The zero-order valence-corrected chi connectivity index (χ0v) is 12.4. The van der Waals surface area contributed by atoms with E-state index in [0.717, 1.165) is 23.8 Å². The van der Waals surface area contributed by atoms with Gasteiger partial charge in [-0.1, -0.05) is 43.2 Å². The zero-order valence-electron chi connectivity index (χ0n) is 12.4. The lowest BCUT2D eigenvalue weighted by Crippen LogP contribution is -2.35. The third kappa shape index (κ3) is 2.86. The highest BCUT2D eigenvalue weighted by molar-refractivity contribution is 5.23. The van der Waals surface area contributed by atoms with Crippen molar-refractivity contribution in [2.24, 2.45) is 17.8 Å². The van der Waals surface area contributed by atoms with Crippen LogP contribution in [0.5, 0.6) is 0 Å². The van der Waals surface area contributed by atoms with Crippen LogP contribution in [0.3, 0.4) is 0 Å². The van der Waals surface area contributed by atoms with Crippen LogP contribution in [-0.2, 0) is 6.42 Å². The molecule has 1 N–H and O–H groups in total. The van der Waals surface area contributed by atoms with Gasteiger partial charge in [-0.05, 0) is 62.5 Å². The normalized spacial score (nSPS) is 30.1. The molecule has 0 amide bonds. The van der Waals surface area contributed by atoms with Crippen LogP contribution in [0.15, 0.2) is 24.3 Å². The molecule has 2 fully saturated rings. The maximum atomic E-state index is 3.82. The first-order valence-corrected chi connectivity index (χ1v) is 8.08. The minimum absolute atomic E-state index is 0.720. The van der Waals surface area contributed by atoms with Crippen LogP contribution in [0, 0.1) is 24.7 Å². The Morgan fingerprint density at radius 1 is 1.16 bits per heavy atom. The van der Waals surface area contributed by atoms with Gasteiger partial charge in [0.2, 0.25) is 0 Å². The number of aryl methyl sites for hydroxylation is 1. The van der Waals surface area contributed by atoms with Crippen molar-refractivity contribution in [1.29, 1.82) is 0 Å². The van der Waals surface area contributed by atoms with Gasteiger partial charge in [-0.2, -0.15) is 0 Å². The van der Waals surface area contributed by atoms with Crippen molar-refractivity contribution in [1.82, 2.24) is 5.32 Å². The summed E-state index contributed by atoms with van der Waals surface area (Å²) in [6.07, 6.45) is 6.93. The van der Waals surface area contributed by atoms with Crippen molar-refractivity contribution >= 4 is 0 Å². The molecule has 0 aromatic heterocycles. The highest BCUT2D eigenvalue weighted by Gasteiger charge is 2.55. The molecule has 2 saturated carbocycles. The maximum absolute atomic E-state index is 3.82. The first-order valence-electron chi connectivity index (χ1n) is 8.08. The van der Waals surface area contributed by atoms with Gasteiger partial charge in [0.05, 0.1) is 0 Å². The van der Waals surface area contributed by atoms with Crippen LogP contribution in [-0.4, -0.2) is 12.6 Å². The second-order valence-electron chi connectivity index (χ2n) is 6.59. The summed E-state index contributed by atoms with van der Waals surface area (Å²) in [7, 11) is 0. The van der Waals surface area contributed by atoms with E-state index in [1.54, 1.807) is 0 Å². The van der Waals surface area contributed by atoms with E-state index in [2.05, 4.69) is 43.4 Å². The lowest BCUT2D eigenvalue weighted by atomic mass is 9.96. The molecule has 1 aromatic carbocycles. The van der Waals surface area contributed by atoms with Crippen molar-refractivity contribution in [3.8, 4) is 0 Å². The Balaban J connectivity index is 1.64. The van der Waals surface area contributed by atoms with Crippen LogP contribution in [0.4, 0.5) is 0 Å². The average Bonchev–Trinajstić information content (AvgIpc) is 2.90. The fourth-order valence-electron chi connectivity index (χ4n) is 4.13. The molecule has 3 unspecified atom stereocenters. The molecule has 1 heteroatoms. The van der Waals surface area contributed by atoms with E-state index in [4.69, 9.17) is 0 Å². The molecule has 19 heavy (non-hydrogen) atoms. The van der Waals surface area contributed by atoms with Crippen LogP contribution in [0.25, 0.3) is 0 Å². The number of nitrogens with one attached hydrogen (secondary N) is 1. The lowest BCUT2D eigenvalue weighted by molar-refractivity contribution is 0.403. The Morgan fingerprint density at radius 3 is 2.47 bits per heavy atom. The van der Waals surface area contributed by atoms with Gasteiger partial charge in [-0.3, -0.25) is 0 Å². The summed E-state index contributed by atoms with van der Waals surface area (Å²) in [5.41, 5.74) is 2.87. The molecule has 2 aliphatic rings. The first kappa shape index (κ1) is 13.2. The summed E-state index contributed by atoms with van der Waals surface area (Å²) >= 11 is 0. The molecule has 1 nitrogen and oxygen atoms in total. The third-order valence-electron chi connectivity index (χ3n) is 5.17. The summed E-state index contributed by atoms with van der Waals surface area (Å²) in [6.45, 7) is 5.61. The molecule has 0 radical (unpaired) electrons. The van der Waals surface area contributed by atoms with E-state index in [0.29, 0.717) is 0 Å². The Morgan fingerprint density at radius 2 is 1.84 bits per heavy atom. The van der Waals surface area contributed by atoms with Gasteiger partial charge in [-0.15, -0.1) is 0 Å². The highest BCUT2D eigenvalue weighted by Crippen LogP contribution is 2.59. The summed E-state index contributed by atoms with van der Waals surface area (Å²) in [4.78, 5) is 0. The monoisotopic (exact) mass is 257 g/mol. The van der Waals surface area contributed by atoms with E-state index < -0.39 is 0 Å². The molecule has 0 aliphatic heterocycles. The summed E-state index contributed by atoms with van der Waals surface area (Å²) < 4.78 is 0. The van der Waals surface area contributed by atoms with Gasteiger partial charge in [0.15, 0.2) is 0 Å². The van der Waals surface area contributed by atoms with E-state index >= 15 is 0 Å². The number of rotatable bonds is 6. The number of benzene rings is 1.